The van der Waals surface area contributed by atoms with Crippen molar-refractivity contribution in [3.63, 3.8) is 0 Å². The quantitative estimate of drug-likeness (QED) is 0.359. The van der Waals surface area contributed by atoms with E-state index in [0.717, 1.165) is 0 Å². The summed E-state index contributed by atoms with van der Waals surface area (Å²) in [5.41, 5.74) is -0.924. The summed E-state index contributed by atoms with van der Waals surface area (Å²) in [5.74, 6) is -3.83. The molecule has 0 spiro atoms. The van der Waals surface area contributed by atoms with Crippen LogP contribution >= 0.6 is 0 Å². The molecule has 7 heteroatoms. The molecule has 2 saturated heterocycles. The minimum absolute atomic E-state index is 0.0669. The van der Waals surface area contributed by atoms with Crippen LogP contribution < -0.4 is 0 Å². The van der Waals surface area contributed by atoms with Gasteiger partial charge < -0.3 is 29.9 Å². The molecule has 2 unspecified atom stereocenters. The third-order valence-electron chi connectivity index (χ3n) is 5.83. The van der Waals surface area contributed by atoms with E-state index < -0.39 is 47.8 Å². The standard InChI is InChI=1S/C19H32O7/c1-5-7-11(3)17-18(4,26-17)16(23)12(9-20)15(22)13-10-25-19(24,6-2)8-14(13)21/h5,7,11-14,16-17,20-21,23-24H,6,8-10H2,1-4H3/b7-5-/t11-,12-,13-,14?,16-,17+,18?,19+/m0/s1. The lowest BCUT2D eigenvalue weighted by molar-refractivity contribution is -0.258. The smallest absolute Gasteiger partial charge is 0.167 e. The van der Waals surface area contributed by atoms with Gasteiger partial charge in [0.2, 0.25) is 0 Å². The maximum atomic E-state index is 12.8. The van der Waals surface area contributed by atoms with E-state index >= 15 is 0 Å². The number of hydrogen-bond donors (Lipinski definition) is 4. The van der Waals surface area contributed by atoms with Crippen molar-refractivity contribution < 1.29 is 34.7 Å². The number of ketones is 1. The second-order valence-electron chi connectivity index (χ2n) is 7.73. The zero-order valence-corrected chi connectivity index (χ0v) is 16.0. The second kappa shape index (κ2) is 8.04. The zero-order chi connectivity index (χ0) is 19.7. The molecule has 150 valence electrons. The van der Waals surface area contributed by atoms with Gasteiger partial charge in [0.1, 0.15) is 11.4 Å². The highest BCUT2D eigenvalue weighted by molar-refractivity contribution is 5.85. The Kier molecular flexibility index (Phi) is 6.64. The molecule has 7 nitrogen and oxygen atoms in total. The Hall–Kier alpha value is -0.830. The molecular weight excluding hydrogens is 340 g/mol. The van der Waals surface area contributed by atoms with Gasteiger partial charge >= 0.3 is 0 Å². The highest BCUT2D eigenvalue weighted by atomic mass is 16.6. The highest BCUT2D eigenvalue weighted by Gasteiger charge is 2.62. The van der Waals surface area contributed by atoms with Crippen LogP contribution in [0.15, 0.2) is 12.2 Å². The SMILES string of the molecule is C/C=C\[C@H](C)[C@H]1OC1(C)[C@@H](O)[C@@H](CO)C(=O)[C@H]1CO[C@](O)(CC)CC1O. The number of hydrogen-bond acceptors (Lipinski definition) is 7. The average Bonchev–Trinajstić information content (AvgIpc) is 3.29. The van der Waals surface area contributed by atoms with Crippen molar-refractivity contribution in [3.05, 3.63) is 12.2 Å². The van der Waals surface area contributed by atoms with Gasteiger partial charge in [0.05, 0.1) is 43.4 Å². The summed E-state index contributed by atoms with van der Waals surface area (Å²) >= 11 is 0. The Balaban J connectivity index is 2.07. The molecule has 0 bridgehead atoms. The number of allylic oxidation sites excluding steroid dienone is 1. The average molecular weight is 372 g/mol. The van der Waals surface area contributed by atoms with Crippen LogP contribution in [0.1, 0.15) is 40.5 Å². The molecule has 2 aliphatic heterocycles. The summed E-state index contributed by atoms with van der Waals surface area (Å²) in [6.45, 7) is 6.61. The molecule has 0 aromatic carbocycles. The predicted molar refractivity (Wildman–Crippen MR) is 94.2 cm³/mol. The van der Waals surface area contributed by atoms with Crippen molar-refractivity contribution in [2.45, 2.75) is 70.2 Å². The van der Waals surface area contributed by atoms with Crippen LogP contribution in [0.3, 0.4) is 0 Å². The number of epoxide rings is 1. The van der Waals surface area contributed by atoms with E-state index in [1.54, 1.807) is 13.8 Å². The van der Waals surface area contributed by atoms with Crippen LogP contribution in [-0.2, 0) is 14.3 Å². The molecule has 26 heavy (non-hydrogen) atoms. The summed E-state index contributed by atoms with van der Waals surface area (Å²) in [6, 6.07) is 0. The summed E-state index contributed by atoms with van der Waals surface area (Å²) in [6.07, 6.45) is 1.55. The molecular formula is C19H32O7. The largest absolute Gasteiger partial charge is 0.396 e. The third kappa shape index (κ3) is 4.03. The number of carbonyl (C=O) groups is 1. The Morgan fingerprint density at radius 2 is 2.08 bits per heavy atom. The van der Waals surface area contributed by atoms with Gasteiger partial charge in [-0.25, -0.2) is 0 Å². The molecule has 0 radical (unpaired) electrons. The maximum Gasteiger partial charge on any atom is 0.167 e. The molecule has 0 aliphatic carbocycles. The zero-order valence-electron chi connectivity index (χ0n) is 16.0. The lowest BCUT2D eigenvalue weighted by Gasteiger charge is -2.39. The molecule has 0 aromatic heterocycles. The van der Waals surface area contributed by atoms with Gasteiger partial charge in [-0.3, -0.25) is 4.79 Å². The molecule has 4 N–H and O–H groups in total. The van der Waals surface area contributed by atoms with Crippen LogP contribution in [-0.4, -0.2) is 69.1 Å². The molecule has 0 aromatic rings. The van der Waals surface area contributed by atoms with Gasteiger partial charge in [0.25, 0.3) is 0 Å². The molecule has 0 amide bonds. The number of rotatable bonds is 8. The monoisotopic (exact) mass is 372 g/mol. The Bertz CT molecular complexity index is 536. The molecule has 2 aliphatic rings. The minimum atomic E-state index is -1.44. The van der Waals surface area contributed by atoms with Crippen LogP contribution in [0.4, 0.5) is 0 Å². The summed E-state index contributed by atoms with van der Waals surface area (Å²) in [4.78, 5) is 12.8. The van der Waals surface area contributed by atoms with E-state index in [1.807, 2.05) is 26.0 Å². The van der Waals surface area contributed by atoms with Gasteiger partial charge in [0.15, 0.2) is 5.79 Å². The fourth-order valence-corrected chi connectivity index (χ4v) is 3.93. The number of ether oxygens (including phenoxy) is 2. The van der Waals surface area contributed by atoms with Crippen molar-refractivity contribution in [3.8, 4) is 0 Å². The molecule has 2 fully saturated rings. The fraction of sp³-hybridized carbons (Fsp3) is 0.842. The van der Waals surface area contributed by atoms with E-state index in [1.165, 1.54) is 0 Å². The topological polar surface area (TPSA) is 120 Å². The second-order valence-corrected chi connectivity index (χ2v) is 7.73. The van der Waals surface area contributed by atoms with Gasteiger partial charge in [-0.15, -0.1) is 0 Å². The van der Waals surface area contributed by atoms with Crippen LogP contribution in [0, 0.1) is 17.8 Å². The van der Waals surface area contributed by atoms with E-state index in [-0.39, 0.29) is 25.0 Å². The summed E-state index contributed by atoms with van der Waals surface area (Å²) in [7, 11) is 0. The van der Waals surface area contributed by atoms with Crippen molar-refractivity contribution in [1.29, 1.82) is 0 Å². The molecule has 0 saturated carbocycles. The van der Waals surface area contributed by atoms with Crippen LogP contribution in [0.25, 0.3) is 0 Å². The highest BCUT2D eigenvalue weighted by Crippen LogP contribution is 2.47. The predicted octanol–water partition coefficient (Wildman–Crippen LogP) is 0.391. The minimum Gasteiger partial charge on any atom is -0.396 e. The lowest BCUT2D eigenvalue weighted by atomic mass is 9.78. The first-order valence-corrected chi connectivity index (χ1v) is 9.31. The van der Waals surface area contributed by atoms with Gasteiger partial charge in [-0.2, -0.15) is 0 Å². The summed E-state index contributed by atoms with van der Waals surface area (Å²) in [5, 5.41) is 40.9. The van der Waals surface area contributed by atoms with Gasteiger partial charge in [0, 0.05) is 12.3 Å². The fourth-order valence-electron chi connectivity index (χ4n) is 3.93. The number of carbonyl (C=O) groups excluding carboxylic acids is 1. The summed E-state index contributed by atoms with van der Waals surface area (Å²) < 4.78 is 11.0. The normalized spacial score (nSPS) is 41.0. The van der Waals surface area contributed by atoms with E-state index in [0.29, 0.717) is 6.42 Å². The van der Waals surface area contributed by atoms with Crippen LogP contribution in [0.5, 0.6) is 0 Å². The van der Waals surface area contributed by atoms with Crippen molar-refractivity contribution in [1.82, 2.24) is 0 Å². The van der Waals surface area contributed by atoms with Crippen molar-refractivity contribution in [2.75, 3.05) is 13.2 Å². The van der Waals surface area contributed by atoms with Gasteiger partial charge in [-0.1, -0.05) is 26.0 Å². The lowest BCUT2D eigenvalue weighted by Crippen LogP contribution is -2.53. The first-order valence-electron chi connectivity index (χ1n) is 9.31. The Morgan fingerprint density at radius 3 is 2.58 bits per heavy atom. The molecule has 2 rings (SSSR count). The third-order valence-corrected chi connectivity index (χ3v) is 5.83. The van der Waals surface area contributed by atoms with Crippen molar-refractivity contribution >= 4 is 5.78 Å². The Labute approximate surface area is 154 Å². The number of Topliss-reactive ketones (excluding diaryl/α,β-unsaturated/α-hetero) is 1. The molecule has 8 atom stereocenters. The van der Waals surface area contributed by atoms with E-state index in [9.17, 15) is 25.2 Å². The Morgan fingerprint density at radius 1 is 1.42 bits per heavy atom. The number of aliphatic hydroxyl groups is 4. The van der Waals surface area contributed by atoms with E-state index in [4.69, 9.17) is 9.47 Å². The first-order chi connectivity index (χ1) is 12.1. The number of aliphatic hydroxyl groups excluding tert-OH is 3. The van der Waals surface area contributed by atoms with E-state index in [2.05, 4.69) is 0 Å². The maximum absolute atomic E-state index is 12.8. The van der Waals surface area contributed by atoms with Gasteiger partial charge in [-0.05, 0) is 20.3 Å². The molecule has 2 heterocycles. The first kappa shape index (κ1) is 21.5. The van der Waals surface area contributed by atoms with Crippen molar-refractivity contribution in [2.24, 2.45) is 17.8 Å². The van der Waals surface area contributed by atoms with Crippen LogP contribution in [0.2, 0.25) is 0 Å².